The number of para-hydroxylation sites is 5. The normalized spacial score (nSPS) is 11.5. The summed E-state index contributed by atoms with van der Waals surface area (Å²) in [5, 5.41) is 5.69. The van der Waals surface area contributed by atoms with Crippen LogP contribution in [0.15, 0.2) is 194 Å². The second-order valence-electron chi connectivity index (χ2n) is 13.0. The average Bonchev–Trinajstić information content (AvgIpc) is 3.61. The summed E-state index contributed by atoms with van der Waals surface area (Å²) < 4.78 is 2.29. The third-order valence-electron chi connectivity index (χ3n) is 9.93. The van der Waals surface area contributed by atoms with Crippen molar-refractivity contribution in [3.05, 3.63) is 194 Å². The Bertz CT molecular complexity index is 2840. The fourth-order valence-corrected chi connectivity index (χ4v) is 7.65. The van der Waals surface area contributed by atoms with Crippen LogP contribution in [0.2, 0.25) is 0 Å². The van der Waals surface area contributed by atoms with Crippen molar-refractivity contribution < 1.29 is 0 Å². The molecule has 0 spiro atoms. The number of benzene rings is 8. The third-order valence-corrected chi connectivity index (χ3v) is 9.93. The van der Waals surface area contributed by atoms with Gasteiger partial charge in [0.2, 0.25) is 0 Å². The molecule has 0 radical (unpaired) electrons. The molecular formula is C48H32N4. The molecule has 10 rings (SSSR count). The van der Waals surface area contributed by atoms with Crippen LogP contribution < -0.4 is 4.90 Å². The van der Waals surface area contributed by atoms with Crippen molar-refractivity contribution >= 4 is 60.5 Å². The molecule has 0 saturated heterocycles. The minimum absolute atomic E-state index is 0.910. The standard InChI is InChI=1S/C48H32N4/c1-5-16-34(17-6-1)47-40-30-28-33-18-15-25-41(48-50-42-26-13-14-27-44(42)52(48)37-23-11-4-12-24-37)45(33)46(40)39-31-29-38(32-43(39)49-47)51(35-19-7-2-8-20-35)36-21-9-3-10-22-36/h1-32H. The van der Waals surface area contributed by atoms with Crippen LogP contribution in [-0.4, -0.2) is 14.5 Å². The predicted molar refractivity (Wildman–Crippen MR) is 217 cm³/mol. The lowest BCUT2D eigenvalue weighted by Gasteiger charge is -2.26. The van der Waals surface area contributed by atoms with Crippen LogP contribution in [0.25, 0.3) is 71.8 Å². The predicted octanol–water partition coefficient (Wildman–Crippen LogP) is 12.7. The van der Waals surface area contributed by atoms with E-state index in [0.717, 1.165) is 83.5 Å². The summed E-state index contributed by atoms with van der Waals surface area (Å²) in [7, 11) is 0. The van der Waals surface area contributed by atoms with Crippen LogP contribution in [0.5, 0.6) is 0 Å². The first-order valence-electron chi connectivity index (χ1n) is 17.6. The Morgan fingerprint density at radius 2 is 1.06 bits per heavy atom. The van der Waals surface area contributed by atoms with Gasteiger partial charge in [0.05, 0.1) is 22.2 Å². The number of hydrogen-bond acceptors (Lipinski definition) is 3. The van der Waals surface area contributed by atoms with Crippen LogP contribution in [-0.2, 0) is 0 Å². The highest BCUT2D eigenvalue weighted by Gasteiger charge is 2.21. The van der Waals surface area contributed by atoms with Crippen molar-refractivity contribution in [3.63, 3.8) is 0 Å². The minimum Gasteiger partial charge on any atom is -0.310 e. The zero-order chi connectivity index (χ0) is 34.4. The largest absolute Gasteiger partial charge is 0.310 e. The zero-order valence-electron chi connectivity index (χ0n) is 28.3. The summed E-state index contributed by atoms with van der Waals surface area (Å²) >= 11 is 0. The van der Waals surface area contributed by atoms with E-state index in [4.69, 9.17) is 9.97 Å². The molecule has 0 unspecified atom stereocenters. The van der Waals surface area contributed by atoms with Crippen molar-refractivity contribution in [1.82, 2.24) is 14.5 Å². The summed E-state index contributed by atoms with van der Waals surface area (Å²) in [6.07, 6.45) is 0. The number of anilines is 3. The summed E-state index contributed by atoms with van der Waals surface area (Å²) in [5.41, 5.74) is 10.4. The molecule has 0 aliphatic heterocycles. The van der Waals surface area contributed by atoms with Crippen molar-refractivity contribution in [3.8, 4) is 28.3 Å². The monoisotopic (exact) mass is 664 g/mol. The Hall–Kier alpha value is -7.04. The van der Waals surface area contributed by atoms with Gasteiger partial charge in [-0.15, -0.1) is 0 Å². The van der Waals surface area contributed by atoms with E-state index in [2.05, 4.69) is 204 Å². The molecule has 0 amide bonds. The molecule has 8 aromatic carbocycles. The maximum atomic E-state index is 5.47. The number of hydrogen-bond donors (Lipinski definition) is 0. The average molecular weight is 665 g/mol. The Kier molecular flexibility index (Phi) is 7.10. The van der Waals surface area contributed by atoms with Gasteiger partial charge in [0.15, 0.2) is 0 Å². The molecule has 0 bridgehead atoms. The summed E-state index contributed by atoms with van der Waals surface area (Å²) in [6.45, 7) is 0. The van der Waals surface area contributed by atoms with Crippen LogP contribution in [0.4, 0.5) is 17.1 Å². The second-order valence-corrected chi connectivity index (χ2v) is 13.0. The topological polar surface area (TPSA) is 34.0 Å². The molecule has 0 N–H and O–H groups in total. The molecular weight excluding hydrogens is 633 g/mol. The molecule has 0 fully saturated rings. The van der Waals surface area contributed by atoms with Crippen molar-refractivity contribution in [2.45, 2.75) is 0 Å². The van der Waals surface area contributed by atoms with Gasteiger partial charge in [-0.25, -0.2) is 9.97 Å². The number of imidazole rings is 1. The van der Waals surface area contributed by atoms with Gasteiger partial charge in [0, 0.05) is 55.4 Å². The van der Waals surface area contributed by atoms with Crippen LogP contribution >= 0.6 is 0 Å². The first kappa shape index (κ1) is 29.8. The van der Waals surface area contributed by atoms with Gasteiger partial charge >= 0.3 is 0 Å². The molecule has 0 aliphatic rings. The molecule has 10 aromatic rings. The van der Waals surface area contributed by atoms with Crippen LogP contribution in [0.1, 0.15) is 0 Å². The van der Waals surface area contributed by atoms with E-state index in [0.29, 0.717) is 0 Å². The van der Waals surface area contributed by atoms with Crippen LogP contribution in [0.3, 0.4) is 0 Å². The smallest absolute Gasteiger partial charge is 0.146 e. The highest BCUT2D eigenvalue weighted by Crippen LogP contribution is 2.44. The number of fused-ring (bicyclic) bond motifs is 6. The van der Waals surface area contributed by atoms with E-state index in [1.807, 2.05) is 0 Å². The lowest BCUT2D eigenvalue weighted by molar-refractivity contribution is 1.11. The van der Waals surface area contributed by atoms with E-state index in [-0.39, 0.29) is 0 Å². The number of nitrogens with zero attached hydrogens (tertiary/aromatic N) is 4. The first-order valence-corrected chi connectivity index (χ1v) is 17.6. The lowest BCUT2D eigenvalue weighted by Crippen LogP contribution is -2.09. The molecule has 2 aromatic heterocycles. The van der Waals surface area contributed by atoms with E-state index >= 15 is 0 Å². The van der Waals surface area contributed by atoms with Crippen molar-refractivity contribution in [1.29, 1.82) is 0 Å². The molecule has 4 heteroatoms. The molecule has 52 heavy (non-hydrogen) atoms. The van der Waals surface area contributed by atoms with Crippen molar-refractivity contribution in [2.75, 3.05) is 4.90 Å². The number of aromatic nitrogens is 3. The van der Waals surface area contributed by atoms with Gasteiger partial charge in [-0.05, 0) is 66.0 Å². The first-order chi connectivity index (χ1) is 25.8. The Labute approximate surface area is 301 Å². The Morgan fingerprint density at radius 1 is 0.423 bits per heavy atom. The van der Waals surface area contributed by atoms with Gasteiger partial charge in [-0.2, -0.15) is 0 Å². The number of rotatable bonds is 6. The SMILES string of the molecule is c1ccc(-c2nc3cc(N(c4ccccc4)c4ccccc4)ccc3c3c2ccc2cccc(-c4nc5ccccc5n4-c4ccccc4)c23)cc1. The Morgan fingerprint density at radius 3 is 1.79 bits per heavy atom. The van der Waals surface area contributed by atoms with Crippen molar-refractivity contribution in [2.24, 2.45) is 0 Å². The molecule has 4 nitrogen and oxygen atoms in total. The summed E-state index contributed by atoms with van der Waals surface area (Å²) in [4.78, 5) is 13.1. The van der Waals surface area contributed by atoms with Gasteiger partial charge < -0.3 is 4.90 Å². The fourth-order valence-electron chi connectivity index (χ4n) is 7.65. The maximum Gasteiger partial charge on any atom is 0.146 e. The van der Waals surface area contributed by atoms with Gasteiger partial charge in [0.25, 0.3) is 0 Å². The zero-order valence-corrected chi connectivity index (χ0v) is 28.3. The van der Waals surface area contributed by atoms with E-state index in [1.165, 1.54) is 5.39 Å². The molecule has 0 aliphatic carbocycles. The van der Waals surface area contributed by atoms with Gasteiger partial charge in [-0.3, -0.25) is 4.57 Å². The Balaban J connectivity index is 1.31. The lowest BCUT2D eigenvalue weighted by atomic mass is 9.92. The summed E-state index contributed by atoms with van der Waals surface area (Å²) in [5.74, 6) is 0.910. The molecule has 2 heterocycles. The summed E-state index contributed by atoms with van der Waals surface area (Å²) in [6, 6.07) is 68.3. The van der Waals surface area contributed by atoms with Crippen LogP contribution in [0, 0.1) is 0 Å². The fraction of sp³-hybridized carbons (Fsp3) is 0. The highest BCUT2D eigenvalue weighted by atomic mass is 15.1. The quantitative estimate of drug-likeness (QED) is 0.166. The third kappa shape index (κ3) is 4.92. The van der Waals surface area contributed by atoms with Gasteiger partial charge in [-0.1, -0.05) is 133 Å². The maximum absolute atomic E-state index is 5.47. The minimum atomic E-state index is 0.910. The highest BCUT2D eigenvalue weighted by molar-refractivity contribution is 6.26. The molecule has 0 saturated carbocycles. The van der Waals surface area contributed by atoms with E-state index < -0.39 is 0 Å². The molecule has 0 atom stereocenters. The number of pyridine rings is 1. The van der Waals surface area contributed by atoms with Gasteiger partial charge in [0.1, 0.15) is 5.82 Å². The second kappa shape index (κ2) is 12.4. The molecule has 244 valence electrons. The van der Waals surface area contributed by atoms with E-state index in [1.54, 1.807) is 0 Å². The van der Waals surface area contributed by atoms with E-state index in [9.17, 15) is 0 Å².